The lowest BCUT2D eigenvalue weighted by Gasteiger charge is -2.27. The first-order valence-corrected chi connectivity index (χ1v) is 13.6. The maximum Gasteiger partial charge on any atom is 0.487 e. The third-order valence-electron chi connectivity index (χ3n) is 6.97. The topological polar surface area (TPSA) is 83.6 Å². The highest BCUT2D eigenvalue weighted by Gasteiger charge is 2.40. The maximum atomic E-state index is 13.6. The second kappa shape index (κ2) is 15.5. The Morgan fingerprint density at radius 3 is 1.98 bits per heavy atom. The number of hydrogen-bond donors (Lipinski definition) is 1. The Morgan fingerprint density at radius 2 is 1.44 bits per heavy atom. The van der Waals surface area contributed by atoms with Crippen LogP contribution < -0.4 is 19.5 Å². The van der Waals surface area contributed by atoms with Crippen LogP contribution in [0.5, 0.6) is 17.2 Å². The lowest BCUT2D eigenvalue weighted by molar-refractivity contribution is -0.224. The summed E-state index contributed by atoms with van der Waals surface area (Å²) in [4.78, 5) is 29.6. The summed E-state index contributed by atoms with van der Waals surface area (Å²) in [6, 6.07) is 10.7. The van der Waals surface area contributed by atoms with Crippen LogP contribution in [-0.4, -0.2) is 107 Å². The molecule has 0 atom stereocenters. The van der Waals surface area contributed by atoms with E-state index in [1.165, 1.54) is 33.5 Å². The third kappa shape index (κ3) is 9.25. The van der Waals surface area contributed by atoms with E-state index in [1.54, 1.807) is 30.3 Å². The fraction of sp³-hybridized carbons (Fsp3) is 0.517. The molecule has 0 unspecified atom stereocenters. The number of carbonyl (C=O) groups is 2. The second-order valence-electron chi connectivity index (χ2n) is 9.70. The van der Waals surface area contributed by atoms with Crippen LogP contribution in [0.3, 0.4) is 0 Å². The van der Waals surface area contributed by atoms with E-state index in [4.69, 9.17) is 14.2 Å². The lowest BCUT2D eigenvalue weighted by Crippen LogP contribution is -2.44. The Labute approximate surface area is 239 Å². The normalized spacial score (nSPS) is 14.7. The maximum absolute atomic E-state index is 13.6. The molecule has 226 valence electrons. The van der Waals surface area contributed by atoms with E-state index in [9.17, 15) is 22.8 Å². The van der Waals surface area contributed by atoms with Crippen molar-refractivity contribution in [1.29, 1.82) is 0 Å². The number of alkyl halides is 3. The van der Waals surface area contributed by atoms with Gasteiger partial charge >= 0.3 is 6.30 Å². The number of methoxy groups -OCH3 is 3. The second-order valence-corrected chi connectivity index (χ2v) is 9.70. The summed E-state index contributed by atoms with van der Waals surface area (Å²) in [6.07, 6.45) is -2.86. The average molecular weight is 581 g/mol. The number of carbonyl (C=O) groups excluding carboxylic acids is 2. The highest BCUT2D eigenvalue weighted by molar-refractivity contribution is 5.95. The van der Waals surface area contributed by atoms with Gasteiger partial charge in [-0.15, -0.1) is 13.2 Å². The Hall–Kier alpha value is -3.51. The van der Waals surface area contributed by atoms with Crippen LogP contribution in [0.1, 0.15) is 40.0 Å². The number of ether oxygens (including phenoxy) is 3. The number of nitrogens with zero attached hydrogens (tertiary/aromatic N) is 3. The fourth-order valence-corrected chi connectivity index (χ4v) is 4.82. The molecule has 0 aliphatic carbocycles. The van der Waals surface area contributed by atoms with Crippen molar-refractivity contribution in [3.63, 3.8) is 0 Å². The standard InChI is InChI=1S/C29H39F3N4O5/c1-39-24-20-23(21-25(40-2)26(24)41-3)27(37)33-12-7-13-34-14-8-15-35(19-18-34)16-9-17-36(29(30,31)32)28(38)22-10-5-4-6-11-22/h4-6,10-11,20-21H,7-9,12-19H2,1-3H3,(H,33,37). The molecule has 41 heavy (non-hydrogen) atoms. The van der Waals surface area contributed by atoms with Crippen LogP contribution in [0.2, 0.25) is 0 Å². The fourth-order valence-electron chi connectivity index (χ4n) is 4.82. The van der Waals surface area contributed by atoms with Crippen LogP contribution >= 0.6 is 0 Å². The van der Waals surface area contributed by atoms with E-state index < -0.39 is 12.2 Å². The molecule has 2 amide bonds. The van der Waals surface area contributed by atoms with Crippen LogP contribution in [0.25, 0.3) is 0 Å². The van der Waals surface area contributed by atoms with Crippen molar-refractivity contribution in [2.24, 2.45) is 0 Å². The first-order chi connectivity index (χ1) is 19.7. The van der Waals surface area contributed by atoms with Crippen molar-refractivity contribution in [2.75, 3.05) is 73.7 Å². The van der Waals surface area contributed by atoms with Crippen molar-refractivity contribution >= 4 is 11.8 Å². The van der Waals surface area contributed by atoms with Crippen LogP contribution in [0, 0.1) is 0 Å². The molecule has 0 saturated carbocycles. The van der Waals surface area contributed by atoms with Crippen molar-refractivity contribution in [3.8, 4) is 17.2 Å². The average Bonchev–Trinajstić information content (AvgIpc) is 3.21. The largest absolute Gasteiger partial charge is 0.493 e. The summed E-state index contributed by atoms with van der Waals surface area (Å²) in [7, 11) is 4.48. The van der Waals surface area contributed by atoms with E-state index in [0.29, 0.717) is 35.9 Å². The van der Waals surface area contributed by atoms with Gasteiger partial charge in [0.15, 0.2) is 11.5 Å². The Bertz CT molecular complexity index is 1110. The summed E-state index contributed by atoms with van der Waals surface area (Å²) in [5.41, 5.74) is 0.425. The van der Waals surface area contributed by atoms with Crippen LogP contribution in [-0.2, 0) is 0 Å². The summed E-state index contributed by atoms with van der Waals surface area (Å²) in [6.45, 7) is 4.54. The molecule has 0 bridgehead atoms. The monoisotopic (exact) mass is 580 g/mol. The van der Waals surface area contributed by atoms with Crippen LogP contribution in [0.4, 0.5) is 13.2 Å². The van der Waals surface area contributed by atoms with Gasteiger partial charge in [-0.3, -0.25) is 9.59 Å². The molecule has 2 aromatic rings. The Balaban J connectivity index is 1.40. The number of nitrogens with one attached hydrogen (secondary N) is 1. The SMILES string of the molecule is COc1cc(C(=O)NCCCN2CCCN(CCCN(C(=O)c3ccccc3)C(F)(F)F)CC2)cc(OC)c1OC. The molecule has 0 spiro atoms. The molecule has 1 aliphatic heterocycles. The Kier molecular flexibility index (Phi) is 12.1. The number of halogens is 3. The molecular formula is C29H39F3N4O5. The molecule has 3 rings (SSSR count). The van der Waals surface area contributed by atoms with Gasteiger partial charge in [-0.2, -0.15) is 0 Å². The van der Waals surface area contributed by atoms with E-state index >= 15 is 0 Å². The van der Waals surface area contributed by atoms with Gasteiger partial charge < -0.3 is 29.3 Å². The highest BCUT2D eigenvalue weighted by atomic mass is 19.4. The minimum absolute atomic E-state index is 0.00114. The van der Waals surface area contributed by atoms with Crippen molar-refractivity contribution in [3.05, 3.63) is 53.6 Å². The predicted molar refractivity (Wildman–Crippen MR) is 149 cm³/mol. The first-order valence-electron chi connectivity index (χ1n) is 13.6. The van der Waals surface area contributed by atoms with Gasteiger partial charge in [-0.1, -0.05) is 18.2 Å². The molecule has 0 radical (unpaired) electrons. The van der Waals surface area contributed by atoms with Gasteiger partial charge in [0.1, 0.15) is 0 Å². The molecule has 1 heterocycles. The predicted octanol–water partition coefficient (Wildman–Crippen LogP) is 3.89. The molecular weight excluding hydrogens is 541 g/mol. The van der Waals surface area contributed by atoms with Crippen molar-refractivity contribution in [1.82, 2.24) is 20.0 Å². The third-order valence-corrected chi connectivity index (χ3v) is 6.97. The highest BCUT2D eigenvalue weighted by Crippen LogP contribution is 2.38. The van der Waals surface area contributed by atoms with Gasteiger partial charge in [0.25, 0.3) is 11.8 Å². The quantitative estimate of drug-likeness (QED) is 0.284. The van der Waals surface area contributed by atoms with Crippen molar-refractivity contribution in [2.45, 2.75) is 25.6 Å². The molecule has 1 aliphatic rings. The number of hydrogen-bond acceptors (Lipinski definition) is 7. The zero-order valence-corrected chi connectivity index (χ0v) is 23.8. The zero-order valence-electron chi connectivity index (χ0n) is 23.8. The van der Waals surface area contributed by atoms with Crippen LogP contribution in [0.15, 0.2) is 42.5 Å². The van der Waals surface area contributed by atoms with Gasteiger partial charge in [-0.05, 0) is 69.7 Å². The minimum atomic E-state index is -4.73. The molecule has 1 N–H and O–H groups in total. The molecule has 2 aromatic carbocycles. The van der Waals surface area contributed by atoms with E-state index in [1.807, 2.05) is 0 Å². The van der Waals surface area contributed by atoms with Gasteiger partial charge in [0.2, 0.25) is 5.75 Å². The number of benzene rings is 2. The minimum Gasteiger partial charge on any atom is -0.493 e. The molecule has 0 aromatic heterocycles. The molecule has 9 nitrogen and oxygen atoms in total. The molecule has 1 fully saturated rings. The van der Waals surface area contributed by atoms with E-state index in [0.717, 1.165) is 45.6 Å². The first kappa shape index (κ1) is 32.0. The molecule has 1 saturated heterocycles. The van der Waals surface area contributed by atoms with E-state index in [2.05, 4.69) is 15.1 Å². The lowest BCUT2D eigenvalue weighted by atomic mass is 10.1. The smallest absolute Gasteiger partial charge is 0.487 e. The summed E-state index contributed by atoms with van der Waals surface area (Å²) in [5, 5.41) is 2.92. The number of rotatable bonds is 13. The zero-order chi connectivity index (χ0) is 29.8. The number of amides is 2. The van der Waals surface area contributed by atoms with Crippen molar-refractivity contribution < 1.29 is 37.0 Å². The summed E-state index contributed by atoms with van der Waals surface area (Å²) in [5.74, 6) is -0.0531. The van der Waals surface area contributed by atoms with Gasteiger partial charge in [0.05, 0.1) is 21.3 Å². The van der Waals surface area contributed by atoms with E-state index in [-0.39, 0.29) is 29.3 Å². The Morgan fingerprint density at radius 1 is 0.854 bits per heavy atom. The van der Waals surface area contributed by atoms with Gasteiger partial charge in [0, 0.05) is 37.3 Å². The molecule has 12 heteroatoms. The van der Waals surface area contributed by atoms with Gasteiger partial charge in [-0.25, -0.2) is 4.90 Å². The summed E-state index contributed by atoms with van der Waals surface area (Å²) < 4.78 is 56.6. The summed E-state index contributed by atoms with van der Waals surface area (Å²) >= 11 is 0.